The molecule has 2 aromatic carbocycles. The summed E-state index contributed by atoms with van der Waals surface area (Å²) in [4.78, 5) is 48.1. The number of aromatic nitrogens is 2. The molecule has 1 spiro atoms. The zero-order chi connectivity index (χ0) is 27.9. The molecule has 0 saturated carbocycles. The molecule has 1 amide bonds. The van der Waals surface area contributed by atoms with E-state index in [2.05, 4.69) is 9.97 Å². The van der Waals surface area contributed by atoms with Crippen molar-refractivity contribution in [3.8, 4) is 17.7 Å². The number of nitrogens with one attached hydrogen (secondary N) is 2. The third kappa shape index (κ3) is 3.25. The number of esters is 1. The summed E-state index contributed by atoms with van der Waals surface area (Å²) in [5.74, 6) is -1.45. The van der Waals surface area contributed by atoms with Gasteiger partial charge < -0.3 is 25.1 Å². The number of hydrogen-bond acceptors (Lipinski definition) is 8. The molecule has 2 unspecified atom stereocenters. The second-order valence-electron chi connectivity index (χ2n) is 10.5. The van der Waals surface area contributed by atoms with Crippen molar-refractivity contribution in [2.24, 2.45) is 5.73 Å². The van der Waals surface area contributed by atoms with Crippen molar-refractivity contribution >= 4 is 29.8 Å². The topological polar surface area (TPSA) is 154 Å². The number of benzene rings is 2. The van der Waals surface area contributed by atoms with E-state index in [1.807, 2.05) is 26.8 Å². The molecule has 1 aromatic heterocycles. The van der Waals surface area contributed by atoms with Crippen LogP contribution in [0.1, 0.15) is 60.2 Å². The molecule has 196 valence electrons. The number of carbonyl (C=O) groups excluding carboxylic acids is 2. The maximum absolute atomic E-state index is 14.7. The van der Waals surface area contributed by atoms with Crippen LogP contribution in [-0.4, -0.2) is 27.4 Å². The molecule has 3 aliphatic rings. The molecule has 10 nitrogen and oxygen atoms in total. The van der Waals surface area contributed by atoms with Crippen LogP contribution >= 0.6 is 12.2 Å². The van der Waals surface area contributed by atoms with Gasteiger partial charge in [0.2, 0.25) is 17.7 Å². The number of aromatic amines is 2. The van der Waals surface area contributed by atoms with Crippen LogP contribution in [0.5, 0.6) is 11.6 Å². The number of nitrogens with zero attached hydrogens (tertiary/aromatic N) is 2. The third-order valence-electron chi connectivity index (χ3n) is 7.65. The lowest BCUT2D eigenvalue weighted by atomic mass is 9.69. The minimum atomic E-state index is -1.96. The van der Waals surface area contributed by atoms with Crippen molar-refractivity contribution in [2.75, 3.05) is 4.90 Å². The van der Waals surface area contributed by atoms with Gasteiger partial charge in [0.25, 0.3) is 5.56 Å². The van der Waals surface area contributed by atoms with Crippen molar-refractivity contribution < 1.29 is 19.1 Å². The monoisotopic (exact) mass is 541 g/mol. The van der Waals surface area contributed by atoms with E-state index in [9.17, 15) is 19.6 Å². The van der Waals surface area contributed by atoms with Crippen LogP contribution in [-0.2, 0) is 10.2 Å². The van der Waals surface area contributed by atoms with E-state index in [0.29, 0.717) is 23.2 Å². The van der Waals surface area contributed by atoms with Gasteiger partial charge in [-0.15, -0.1) is 0 Å². The molecule has 2 atom stereocenters. The first-order valence-electron chi connectivity index (χ1n) is 12.3. The van der Waals surface area contributed by atoms with E-state index in [1.165, 1.54) is 6.07 Å². The Kier molecular flexibility index (Phi) is 5.15. The van der Waals surface area contributed by atoms with Crippen LogP contribution in [0.25, 0.3) is 0 Å². The van der Waals surface area contributed by atoms with Crippen LogP contribution in [0.2, 0.25) is 0 Å². The van der Waals surface area contributed by atoms with Crippen LogP contribution in [0.4, 0.5) is 5.69 Å². The molecule has 0 bridgehead atoms. The van der Waals surface area contributed by atoms with Crippen LogP contribution in [0, 0.1) is 16.1 Å². The highest BCUT2D eigenvalue weighted by atomic mass is 32.1. The van der Waals surface area contributed by atoms with Gasteiger partial charge in [-0.05, 0) is 68.2 Å². The van der Waals surface area contributed by atoms with Gasteiger partial charge in [-0.1, -0.05) is 25.1 Å². The van der Waals surface area contributed by atoms with Crippen molar-refractivity contribution in [2.45, 2.75) is 44.1 Å². The van der Waals surface area contributed by atoms with Gasteiger partial charge in [-0.3, -0.25) is 14.6 Å². The fraction of sp³-hybridized carbons (Fsp3) is 0.250. The van der Waals surface area contributed by atoms with Crippen molar-refractivity contribution in [1.29, 1.82) is 5.26 Å². The lowest BCUT2D eigenvalue weighted by Crippen LogP contribution is -2.55. The van der Waals surface area contributed by atoms with Gasteiger partial charge >= 0.3 is 5.97 Å². The molecule has 4 heterocycles. The zero-order valence-corrected chi connectivity index (χ0v) is 22.1. The van der Waals surface area contributed by atoms with Crippen LogP contribution < -0.4 is 25.7 Å². The number of carbonyl (C=O) groups is 2. The summed E-state index contributed by atoms with van der Waals surface area (Å²) < 4.78 is 11.4. The predicted octanol–water partition coefficient (Wildman–Crippen LogP) is 3.66. The normalized spacial score (nSPS) is 22.2. The highest BCUT2D eigenvalue weighted by Crippen LogP contribution is 2.60. The fourth-order valence-electron chi connectivity index (χ4n) is 6.23. The summed E-state index contributed by atoms with van der Waals surface area (Å²) in [6.07, 6.45) is 0.579. The van der Waals surface area contributed by atoms with Crippen molar-refractivity contribution in [3.63, 3.8) is 0 Å². The smallest absolute Gasteiger partial charge is 0.343 e. The highest BCUT2D eigenvalue weighted by molar-refractivity contribution is 7.71. The van der Waals surface area contributed by atoms with Crippen molar-refractivity contribution in [1.82, 2.24) is 9.97 Å². The molecule has 4 N–H and O–H groups in total. The first-order valence-corrected chi connectivity index (χ1v) is 12.7. The average Bonchev–Trinajstić information content (AvgIpc) is 3.12. The Balaban J connectivity index is 1.70. The standard InChI is InChI=1S/C28H23N5O5S/c1-13-11-27(2,3)33-20-16(13)9-15(37-24(35)14-7-5-4-6-8-14)10-17(20)28(25(33)36)18(12-29)21(30)38-23-19(28)22(34)31-26(39)32-23/h4-10,13H,11,30H2,1-3H3,(H2,31,32,34,39). The lowest BCUT2D eigenvalue weighted by molar-refractivity contribution is -0.122. The van der Waals surface area contributed by atoms with E-state index in [1.54, 1.807) is 41.3 Å². The SMILES string of the molecule is CC1CC(C)(C)N2C(=O)C3(C(C#N)=C(N)Oc4[nH]c(=S)[nH]c(=O)c43)c3cc(OC(=O)c4ccccc4)cc1c32. The molecule has 11 heteroatoms. The number of hydrogen-bond donors (Lipinski definition) is 3. The number of ether oxygens (including phenoxy) is 2. The van der Waals surface area contributed by atoms with E-state index in [4.69, 9.17) is 27.4 Å². The second-order valence-corrected chi connectivity index (χ2v) is 10.9. The van der Waals surface area contributed by atoms with Crippen LogP contribution in [0.3, 0.4) is 0 Å². The Hall–Kier alpha value is -4.69. The Bertz CT molecular complexity index is 1800. The fourth-order valence-corrected chi connectivity index (χ4v) is 6.41. The first-order chi connectivity index (χ1) is 18.5. The van der Waals surface area contributed by atoms with E-state index < -0.39 is 28.4 Å². The zero-order valence-electron chi connectivity index (χ0n) is 21.2. The largest absolute Gasteiger partial charge is 0.424 e. The highest BCUT2D eigenvalue weighted by Gasteiger charge is 2.64. The second kappa shape index (κ2) is 8.15. The maximum Gasteiger partial charge on any atom is 0.343 e. The Morgan fingerprint density at radius 2 is 1.95 bits per heavy atom. The van der Waals surface area contributed by atoms with Gasteiger partial charge in [-0.2, -0.15) is 5.26 Å². The summed E-state index contributed by atoms with van der Waals surface area (Å²) in [5, 5.41) is 10.3. The molecule has 6 rings (SSSR count). The Morgan fingerprint density at radius 3 is 2.64 bits per heavy atom. The number of H-pyrrole nitrogens is 2. The number of fused-ring (bicyclic) bond motifs is 3. The maximum atomic E-state index is 14.7. The van der Waals surface area contributed by atoms with E-state index in [0.717, 1.165) is 5.56 Å². The molecule has 3 aromatic rings. The lowest BCUT2D eigenvalue weighted by Gasteiger charge is -2.44. The van der Waals surface area contributed by atoms with Crippen LogP contribution in [0.15, 0.2) is 58.7 Å². The number of anilines is 1. The molecular weight excluding hydrogens is 518 g/mol. The molecule has 0 aliphatic carbocycles. The molecular formula is C28H23N5O5S. The average molecular weight is 542 g/mol. The predicted molar refractivity (Wildman–Crippen MR) is 143 cm³/mol. The molecule has 39 heavy (non-hydrogen) atoms. The summed E-state index contributed by atoms with van der Waals surface area (Å²) in [6.45, 7) is 5.88. The summed E-state index contributed by atoms with van der Waals surface area (Å²) >= 11 is 5.13. The van der Waals surface area contributed by atoms with Gasteiger partial charge in [-0.25, -0.2) is 4.79 Å². The Morgan fingerprint density at radius 1 is 1.23 bits per heavy atom. The van der Waals surface area contributed by atoms with Crippen molar-refractivity contribution in [3.05, 3.63) is 91.3 Å². The minimum Gasteiger partial charge on any atom is -0.424 e. The van der Waals surface area contributed by atoms with Gasteiger partial charge in [0.1, 0.15) is 23.0 Å². The van der Waals surface area contributed by atoms with Gasteiger partial charge in [0.15, 0.2) is 10.2 Å². The third-order valence-corrected chi connectivity index (χ3v) is 7.86. The summed E-state index contributed by atoms with van der Waals surface area (Å²) in [6, 6.07) is 13.8. The van der Waals surface area contributed by atoms with E-state index in [-0.39, 0.29) is 39.3 Å². The molecule has 3 aliphatic heterocycles. The molecule has 0 fully saturated rings. The number of nitriles is 1. The number of amides is 1. The molecule has 0 radical (unpaired) electrons. The quantitative estimate of drug-likeness (QED) is 0.252. The minimum absolute atomic E-state index is 0.0332. The summed E-state index contributed by atoms with van der Waals surface area (Å²) in [7, 11) is 0. The van der Waals surface area contributed by atoms with Gasteiger partial charge in [0.05, 0.1) is 11.3 Å². The summed E-state index contributed by atoms with van der Waals surface area (Å²) in [5.41, 5.74) is 4.46. The van der Waals surface area contributed by atoms with Gasteiger partial charge in [0, 0.05) is 11.1 Å². The number of rotatable bonds is 2. The first kappa shape index (κ1) is 24.6. The molecule has 0 saturated heterocycles. The Labute approximate surface area is 227 Å². The van der Waals surface area contributed by atoms with E-state index >= 15 is 0 Å². The number of nitrogens with two attached hydrogens (primary N) is 1.